The molecule has 3 nitrogen and oxygen atoms in total. The first-order valence-corrected chi connectivity index (χ1v) is 5.27. The Morgan fingerprint density at radius 1 is 1.56 bits per heavy atom. The van der Waals surface area contributed by atoms with Gasteiger partial charge < -0.3 is 5.11 Å². The molecule has 0 amide bonds. The van der Waals surface area contributed by atoms with Gasteiger partial charge in [-0.15, -0.1) is 0 Å². The van der Waals surface area contributed by atoms with Crippen molar-refractivity contribution >= 4 is 5.97 Å². The molecule has 1 aromatic rings. The van der Waals surface area contributed by atoms with Gasteiger partial charge >= 0.3 is 5.97 Å². The zero-order valence-corrected chi connectivity index (χ0v) is 9.25. The van der Waals surface area contributed by atoms with E-state index in [0.717, 1.165) is 17.5 Å². The van der Waals surface area contributed by atoms with Crippen molar-refractivity contribution in [2.45, 2.75) is 32.4 Å². The van der Waals surface area contributed by atoms with Crippen molar-refractivity contribution in [1.29, 1.82) is 0 Å². The van der Waals surface area contributed by atoms with Crippen LogP contribution in [-0.4, -0.2) is 17.1 Å². The van der Waals surface area contributed by atoms with Gasteiger partial charge in [-0.1, -0.05) is 0 Å². The van der Waals surface area contributed by atoms with Gasteiger partial charge in [0.1, 0.15) is 11.9 Å². The average Bonchev–Trinajstić information content (AvgIpc) is 2.18. The maximum atomic E-state index is 13.3. The van der Waals surface area contributed by atoms with Crippen LogP contribution in [0.25, 0.3) is 0 Å². The molecule has 2 N–H and O–H groups in total. The topological polar surface area (TPSA) is 49.3 Å². The average molecular weight is 223 g/mol. The number of benzene rings is 1. The van der Waals surface area contributed by atoms with Crippen molar-refractivity contribution < 1.29 is 14.3 Å². The van der Waals surface area contributed by atoms with Crippen molar-refractivity contribution in [3.63, 3.8) is 0 Å². The Kier molecular flexibility index (Phi) is 2.68. The van der Waals surface area contributed by atoms with Crippen LogP contribution in [0.15, 0.2) is 12.1 Å². The van der Waals surface area contributed by atoms with Gasteiger partial charge in [-0.05, 0) is 49.1 Å². The van der Waals surface area contributed by atoms with Crippen molar-refractivity contribution in [3.8, 4) is 0 Å². The van der Waals surface area contributed by atoms with Gasteiger partial charge in [-0.25, -0.2) is 4.39 Å². The summed E-state index contributed by atoms with van der Waals surface area (Å²) in [6.45, 7) is 3.75. The lowest BCUT2D eigenvalue weighted by Gasteiger charge is -2.30. The molecule has 0 fully saturated rings. The molecule has 2 unspecified atom stereocenters. The molecule has 0 spiro atoms. The van der Waals surface area contributed by atoms with E-state index in [2.05, 4.69) is 5.32 Å². The zero-order chi connectivity index (χ0) is 11.9. The van der Waals surface area contributed by atoms with Crippen LogP contribution in [0, 0.1) is 12.7 Å². The van der Waals surface area contributed by atoms with Gasteiger partial charge in [-0.3, -0.25) is 10.1 Å². The molecule has 0 aromatic heterocycles. The first-order valence-electron chi connectivity index (χ1n) is 5.27. The first kappa shape index (κ1) is 11.1. The first-order chi connectivity index (χ1) is 7.49. The van der Waals surface area contributed by atoms with Crippen LogP contribution in [0.2, 0.25) is 0 Å². The Balaban J connectivity index is 2.56. The Morgan fingerprint density at radius 2 is 2.25 bits per heavy atom. The third kappa shape index (κ3) is 1.80. The predicted molar refractivity (Wildman–Crippen MR) is 57.8 cm³/mol. The van der Waals surface area contributed by atoms with Gasteiger partial charge in [0.2, 0.25) is 0 Å². The van der Waals surface area contributed by atoms with E-state index >= 15 is 0 Å². The maximum absolute atomic E-state index is 13.3. The summed E-state index contributed by atoms with van der Waals surface area (Å²) in [7, 11) is 0. The Hall–Kier alpha value is -1.42. The Bertz CT molecular complexity index is 445. The van der Waals surface area contributed by atoms with Crippen molar-refractivity contribution in [1.82, 2.24) is 5.32 Å². The van der Waals surface area contributed by atoms with E-state index in [9.17, 15) is 9.18 Å². The summed E-state index contributed by atoms with van der Waals surface area (Å²) < 4.78 is 13.3. The SMILES string of the molecule is Cc1cc(F)cc2c1CC(C)NC2C(=O)O. The standard InChI is InChI=1S/C12H14FNO2/c1-6-3-8(13)5-10-9(6)4-7(2)14-11(10)12(15)16/h3,5,7,11,14H,4H2,1-2H3,(H,15,16). The summed E-state index contributed by atoms with van der Waals surface area (Å²) >= 11 is 0. The summed E-state index contributed by atoms with van der Waals surface area (Å²) in [5.74, 6) is -1.34. The minimum atomic E-state index is -0.960. The van der Waals surface area contributed by atoms with E-state index in [4.69, 9.17) is 5.11 Å². The molecule has 1 aromatic carbocycles. The number of aryl methyl sites for hydroxylation is 1. The van der Waals surface area contributed by atoms with Gasteiger partial charge in [0.05, 0.1) is 0 Å². The van der Waals surface area contributed by atoms with Crippen LogP contribution in [-0.2, 0) is 11.2 Å². The van der Waals surface area contributed by atoms with E-state index in [1.165, 1.54) is 12.1 Å². The quantitative estimate of drug-likeness (QED) is 0.763. The number of aliphatic carboxylic acids is 1. The summed E-state index contributed by atoms with van der Waals surface area (Å²) in [5.41, 5.74) is 2.35. The molecule has 0 saturated heterocycles. The number of carboxylic acids is 1. The smallest absolute Gasteiger partial charge is 0.325 e. The molecular formula is C12H14FNO2. The molecule has 2 rings (SSSR count). The fourth-order valence-corrected chi connectivity index (χ4v) is 2.28. The normalized spacial score (nSPS) is 23.9. The van der Waals surface area contributed by atoms with E-state index in [0.29, 0.717) is 5.56 Å². The molecule has 1 aliphatic rings. The highest BCUT2D eigenvalue weighted by molar-refractivity contribution is 5.77. The number of carbonyl (C=O) groups is 1. The maximum Gasteiger partial charge on any atom is 0.325 e. The van der Waals surface area contributed by atoms with E-state index in [1.54, 1.807) is 0 Å². The molecule has 0 bridgehead atoms. The van der Waals surface area contributed by atoms with E-state index < -0.39 is 12.0 Å². The van der Waals surface area contributed by atoms with E-state index in [-0.39, 0.29) is 11.9 Å². The fraction of sp³-hybridized carbons (Fsp3) is 0.417. The minimum Gasteiger partial charge on any atom is -0.480 e. The molecule has 4 heteroatoms. The number of fused-ring (bicyclic) bond motifs is 1. The van der Waals surface area contributed by atoms with Crippen molar-refractivity contribution in [2.24, 2.45) is 0 Å². The molecule has 2 atom stereocenters. The molecule has 0 saturated carbocycles. The number of halogens is 1. The molecule has 1 heterocycles. The largest absolute Gasteiger partial charge is 0.480 e. The van der Waals surface area contributed by atoms with Crippen molar-refractivity contribution in [3.05, 3.63) is 34.6 Å². The molecular weight excluding hydrogens is 209 g/mol. The van der Waals surface area contributed by atoms with Crippen LogP contribution >= 0.6 is 0 Å². The van der Waals surface area contributed by atoms with Crippen LogP contribution in [0.1, 0.15) is 29.7 Å². The lowest BCUT2D eigenvalue weighted by Crippen LogP contribution is -2.41. The van der Waals surface area contributed by atoms with Crippen molar-refractivity contribution in [2.75, 3.05) is 0 Å². The molecule has 1 aliphatic heterocycles. The summed E-state index contributed by atoms with van der Waals surface area (Å²) in [5, 5.41) is 12.1. The predicted octanol–water partition coefficient (Wildman–Crippen LogP) is 1.79. The number of nitrogens with one attached hydrogen (secondary N) is 1. The Morgan fingerprint density at radius 3 is 2.88 bits per heavy atom. The number of carboxylic acid groups (broad SMARTS) is 1. The highest BCUT2D eigenvalue weighted by Crippen LogP contribution is 2.29. The van der Waals surface area contributed by atoms with Crippen LogP contribution < -0.4 is 5.32 Å². The molecule has 16 heavy (non-hydrogen) atoms. The third-order valence-electron chi connectivity index (χ3n) is 2.99. The summed E-state index contributed by atoms with van der Waals surface area (Å²) in [4.78, 5) is 11.1. The molecule has 86 valence electrons. The van der Waals surface area contributed by atoms with Crippen LogP contribution in [0.5, 0.6) is 0 Å². The Labute approximate surface area is 93.3 Å². The number of hydrogen-bond acceptors (Lipinski definition) is 2. The van der Waals surface area contributed by atoms with Gasteiger partial charge in [0, 0.05) is 6.04 Å². The second-order valence-electron chi connectivity index (χ2n) is 4.33. The zero-order valence-electron chi connectivity index (χ0n) is 9.25. The highest BCUT2D eigenvalue weighted by atomic mass is 19.1. The molecule has 0 aliphatic carbocycles. The second-order valence-corrected chi connectivity index (χ2v) is 4.33. The lowest BCUT2D eigenvalue weighted by molar-refractivity contribution is -0.140. The third-order valence-corrected chi connectivity index (χ3v) is 2.99. The number of hydrogen-bond donors (Lipinski definition) is 2. The highest BCUT2D eigenvalue weighted by Gasteiger charge is 2.30. The van der Waals surface area contributed by atoms with E-state index in [1.807, 2.05) is 13.8 Å². The molecule has 0 radical (unpaired) electrons. The monoisotopic (exact) mass is 223 g/mol. The van der Waals surface area contributed by atoms with Crippen LogP contribution in [0.3, 0.4) is 0 Å². The minimum absolute atomic E-state index is 0.0951. The van der Waals surface area contributed by atoms with Crippen LogP contribution in [0.4, 0.5) is 4.39 Å². The van der Waals surface area contributed by atoms with Gasteiger partial charge in [0.15, 0.2) is 0 Å². The lowest BCUT2D eigenvalue weighted by atomic mass is 9.87. The summed E-state index contributed by atoms with van der Waals surface area (Å²) in [6.07, 6.45) is 0.741. The van der Waals surface area contributed by atoms with Gasteiger partial charge in [0.25, 0.3) is 0 Å². The van der Waals surface area contributed by atoms with Gasteiger partial charge in [-0.2, -0.15) is 0 Å². The second kappa shape index (κ2) is 3.87. The summed E-state index contributed by atoms with van der Waals surface area (Å²) in [6, 6.07) is 2.07. The number of rotatable bonds is 1. The fourth-order valence-electron chi connectivity index (χ4n) is 2.28.